The molecule has 0 heterocycles. The van der Waals surface area contributed by atoms with Crippen LogP contribution >= 0.6 is 0 Å². The van der Waals surface area contributed by atoms with Crippen LogP contribution in [0.1, 0.15) is 63.5 Å². The molecular formula is C21H29NO2S. The summed E-state index contributed by atoms with van der Waals surface area (Å²) >= 11 is 0. The molecule has 0 aliphatic rings. The number of unbranched alkanes of at least 4 members (excludes halogenated alkanes) is 2. The highest BCUT2D eigenvalue weighted by Gasteiger charge is 2.17. The zero-order valence-electron chi connectivity index (χ0n) is 15.5. The van der Waals surface area contributed by atoms with E-state index >= 15 is 0 Å². The van der Waals surface area contributed by atoms with E-state index in [1.54, 1.807) is 12.1 Å². The van der Waals surface area contributed by atoms with Crippen LogP contribution in [0.5, 0.6) is 0 Å². The maximum absolute atomic E-state index is 12.7. The Hall–Kier alpha value is -1.81. The Labute approximate surface area is 152 Å². The van der Waals surface area contributed by atoms with Crippen LogP contribution in [0.15, 0.2) is 53.4 Å². The van der Waals surface area contributed by atoms with Crippen molar-refractivity contribution in [1.82, 2.24) is 0 Å². The molecule has 0 aromatic heterocycles. The second kappa shape index (κ2) is 9.04. The van der Waals surface area contributed by atoms with E-state index in [2.05, 4.69) is 25.5 Å². The van der Waals surface area contributed by atoms with Crippen molar-refractivity contribution in [2.45, 2.75) is 63.7 Å². The number of benzene rings is 2. The molecule has 0 bridgehead atoms. The third-order valence-corrected chi connectivity index (χ3v) is 6.03. The van der Waals surface area contributed by atoms with E-state index in [0.717, 1.165) is 24.8 Å². The summed E-state index contributed by atoms with van der Waals surface area (Å²) in [6.45, 7) is 6.39. The maximum atomic E-state index is 12.7. The van der Waals surface area contributed by atoms with Crippen LogP contribution in [0.25, 0.3) is 0 Å². The van der Waals surface area contributed by atoms with E-state index < -0.39 is 10.0 Å². The molecule has 3 nitrogen and oxygen atoms in total. The molecule has 1 unspecified atom stereocenters. The van der Waals surface area contributed by atoms with E-state index in [-0.39, 0.29) is 0 Å². The van der Waals surface area contributed by atoms with E-state index in [0.29, 0.717) is 16.5 Å². The van der Waals surface area contributed by atoms with Crippen molar-refractivity contribution in [3.05, 3.63) is 59.7 Å². The first-order valence-corrected chi connectivity index (χ1v) is 10.7. The Balaban J connectivity index is 2.17. The summed E-state index contributed by atoms with van der Waals surface area (Å²) in [6, 6.07) is 14.9. The van der Waals surface area contributed by atoms with Crippen molar-refractivity contribution in [3.8, 4) is 0 Å². The van der Waals surface area contributed by atoms with E-state index in [1.165, 1.54) is 18.4 Å². The lowest BCUT2D eigenvalue weighted by atomic mass is 9.97. The molecule has 1 N–H and O–H groups in total. The number of sulfonamides is 1. The van der Waals surface area contributed by atoms with Gasteiger partial charge in [-0.2, -0.15) is 0 Å². The van der Waals surface area contributed by atoms with E-state index in [1.807, 2.05) is 36.4 Å². The van der Waals surface area contributed by atoms with E-state index in [4.69, 9.17) is 0 Å². The van der Waals surface area contributed by atoms with Crippen molar-refractivity contribution >= 4 is 15.7 Å². The van der Waals surface area contributed by atoms with Crippen LogP contribution in [0, 0.1) is 0 Å². The molecule has 0 spiro atoms. The van der Waals surface area contributed by atoms with Crippen molar-refractivity contribution in [2.75, 3.05) is 4.72 Å². The summed E-state index contributed by atoms with van der Waals surface area (Å²) in [6.07, 6.45) is 5.49. The summed E-state index contributed by atoms with van der Waals surface area (Å²) < 4.78 is 28.2. The minimum Gasteiger partial charge on any atom is -0.279 e. The van der Waals surface area contributed by atoms with Crippen molar-refractivity contribution < 1.29 is 8.42 Å². The lowest BCUT2D eigenvalue weighted by Gasteiger charge is -2.16. The molecule has 0 aliphatic heterocycles. The predicted molar refractivity (Wildman–Crippen MR) is 106 cm³/mol. The highest BCUT2D eigenvalue weighted by Crippen LogP contribution is 2.28. The lowest BCUT2D eigenvalue weighted by Crippen LogP contribution is -2.14. The summed E-state index contributed by atoms with van der Waals surface area (Å²) in [5.41, 5.74) is 2.89. The van der Waals surface area contributed by atoms with Crippen molar-refractivity contribution in [3.63, 3.8) is 0 Å². The second-order valence-corrected chi connectivity index (χ2v) is 8.29. The van der Waals surface area contributed by atoms with Gasteiger partial charge in [-0.05, 0) is 54.5 Å². The fourth-order valence-corrected chi connectivity index (χ4v) is 3.95. The number of aryl methyl sites for hydroxylation is 1. The number of rotatable bonds is 9. The average molecular weight is 360 g/mol. The SMILES string of the molecule is CCCCCc1ccc(S(=O)(=O)Nc2ccccc2C(C)CC)cc1. The number of hydrogen-bond donors (Lipinski definition) is 1. The highest BCUT2D eigenvalue weighted by atomic mass is 32.2. The predicted octanol–water partition coefficient (Wildman–Crippen LogP) is 5.73. The summed E-state index contributed by atoms with van der Waals surface area (Å²) in [5, 5.41) is 0. The van der Waals surface area contributed by atoms with Gasteiger partial charge in [0.25, 0.3) is 10.0 Å². The van der Waals surface area contributed by atoms with Gasteiger partial charge in [0, 0.05) is 0 Å². The van der Waals surface area contributed by atoms with Crippen LogP contribution in [0.2, 0.25) is 0 Å². The van der Waals surface area contributed by atoms with Gasteiger partial charge >= 0.3 is 0 Å². The topological polar surface area (TPSA) is 46.2 Å². The fourth-order valence-electron chi connectivity index (χ4n) is 2.86. The average Bonchev–Trinajstić information content (AvgIpc) is 2.62. The molecule has 136 valence electrons. The van der Waals surface area contributed by atoms with Crippen LogP contribution in [0.4, 0.5) is 5.69 Å². The molecule has 2 aromatic carbocycles. The highest BCUT2D eigenvalue weighted by molar-refractivity contribution is 7.92. The molecule has 2 rings (SSSR count). The van der Waals surface area contributed by atoms with Gasteiger partial charge in [-0.1, -0.05) is 63.9 Å². The first-order valence-electron chi connectivity index (χ1n) is 9.18. The third kappa shape index (κ3) is 5.33. The first-order chi connectivity index (χ1) is 12.0. The summed E-state index contributed by atoms with van der Waals surface area (Å²) in [7, 11) is -3.57. The Morgan fingerprint density at radius 1 is 0.960 bits per heavy atom. The second-order valence-electron chi connectivity index (χ2n) is 6.60. The Morgan fingerprint density at radius 3 is 2.28 bits per heavy atom. The van der Waals surface area contributed by atoms with E-state index in [9.17, 15) is 8.42 Å². The Morgan fingerprint density at radius 2 is 1.64 bits per heavy atom. The molecule has 2 aromatic rings. The van der Waals surface area contributed by atoms with Crippen LogP contribution < -0.4 is 4.72 Å². The van der Waals surface area contributed by atoms with Gasteiger partial charge in [0.05, 0.1) is 10.6 Å². The molecule has 1 atom stereocenters. The smallest absolute Gasteiger partial charge is 0.261 e. The van der Waals surface area contributed by atoms with Gasteiger partial charge < -0.3 is 0 Å². The number of nitrogens with one attached hydrogen (secondary N) is 1. The minimum atomic E-state index is -3.57. The molecule has 0 fully saturated rings. The zero-order valence-corrected chi connectivity index (χ0v) is 16.3. The molecule has 0 saturated heterocycles. The standard InChI is InChI=1S/C21H29NO2S/c1-4-6-7-10-18-13-15-19(16-14-18)25(23,24)22-21-12-9-8-11-20(21)17(3)5-2/h8-9,11-17,22H,4-7,10H2,1-3H3. The molecular weight excluding hydrogens is 330 g/mol. The van der Waals surface area contributed by atoms with Crippen LogP contribution in [-0.2, 0) is 16.4 Å². The molecule has 0 amide bonds. The fraction of sp³-hybridized carbons (Fsp3) is 0.429. The van der Waals surface area contributed by atoms with Gasteiger partial charge in [-0.15, -0.1) is 0 Å². The lowest BCUT2D eigenvalue weighted by molar-refractivity contribution is 0.601. The van der Waals surface area contributed by atoms with Crippen LogP contribution in [0.3, 0.4) is 0 Å². The third-order valence-electron chi connectivity index (χ3n) is 4.65. The van der Waals surface area contributed by atoms with Gasteiger partial charge in [-0.25, -0.2) is 8.42 Å². The van der Waals surface area contributed by atoms with Crippen molar-refractivity contribution in [1.29, 1.82) is 0 Å². The molecule has 0 radical (unpaired) electrons. The summed E-state index contributed by atoms with van der Waals surface area (Å²) in [5.74, 6) is 0.305. The first kappa shape index (κ1) is 19.5. The summed E-state index contributed by atoms with van der Waals surface area (Å²) in [4.78, 5) is 0.311. The van der Waals surface area contributed by atoms with Gasteiger partial charge in [0.2, 0.25) is 0 Å². The monoisotopic (exact) mass is 359 g/mol. The number of para-hydroxylation sites is 1. The number of anilines is 1. The quantitative estimate of drug-likeness (QED) is 0.581. The molecule has 4 heteroatoms. The van der Waals surface area contributed by atoms with Crippen LogP contribution in [-0.4, -0.2) is 8.42 Å². The van der Waals surface area contributed by atoms with Gasteiger partial charge in [0.15, 0.2) is 0 Å². The molecule has 0 aliphatic carbocycles. The maximum Gasteiger partial charge on any atom is 0.261 e. The molecule has 0 saturated carbocycles. The van der Waals surface area contributed by atoms with Gasteiger partial charge in [0.1, 0.15) is 0 Å². The minimum absolute atomic E-state index is 0.305. The molecule has 25 heavy (non-hydrogen) atoms. The van der Waals surface area contributed by atoms with Gasteiger partial charge in [-0.3, -0.25) is 4.72 Å². The Bertz CT molecular complexity index is 767. The normalized spacial score (nSPS) is 12.8. The Kier molecular flexibility index (Phi) is 7.06. The number of hydrogen-bond acceptors (Lipinski definition) is 2. The largest absolute Gasteiger partial charge is 0.279 e. The van der Waals surface area contributed by atoms with Crippen molar-refractivity contribution in [2.24, 2.45) is 0 Å². The zero-order chi connectivity index (χ0) is 18.3.